The highest BCUT2D eigenvalue weighted by molar-refractivity contribution is 5.64. The third-order valence-electron chi connectivity index (χ3n) is 3.78. The molecule has 0 saturated heterocycles. The van der Waals surface area contributed by atoms with E-state index in [4.69, 9.17) is 0 Å². The molecule has 6 nitrogen and oxygen atoms in total. The van der Waals surface area contributed by atoms with Crippen molar-refractivity contribution in [3.8, 4) is 11.4 Å². The molecule has 0 fully saturated rings. The van der Waals surface area contributed by atoms with Gasteiger partial charge in [-0.1, -0.05) is 37.3 Å². The molecule has 25 heavy (non-hydrogen) atoms. The van der Waals surface area contributed by atoms with Crippen molar-refractivity contribution in [3.05, 3.63) is 60.9 Å². The molecule has 1 atom stereocenters. The molecule has 3 rings (SSSR count). The maximum Gasteiger partial charge on any atom is 0.163 e. The quantitative estimate of drug-likeness (QED) is 0.613. The molecule has 128 valence electrons. The Morgan fingerprint density at radius 3 is 2.40 bits per heavy atom. The second kappa shape index (κ2) is 8.21. The first-order chi connectivity index (χ1) is 12.3. The number of nitrogens with zero attached hydrogens (tertiary/aromatic N) is 3. The maximum absolute atomic E-state index is 9.45. The van der Waals surface area contributed by atoms with E-state index in [-0.39, 0.29) is 12.6 Å². The highest BCUT2D eigenvalue weighted by atomic mass is 16.3. The van der Waals surface area contributed by atoms with Gasteiger partial charge in [0.25, 0.3) is 0 Å². The van der Waals surface area contributed by atoms with Gasteiger partial charge in [0.1, 0.15) is 11.6 Å². The molecule has 0 spiro atoms. The number of aliphatic hydroxyl groups is 1. The first-order valence-electron chi connectivity index (χ1n) is 8.27. The molecule has 0 radical (unpaired) electrons. The van der Waals surface area contributed by atoms with Crippen molar-refractivity contribution < 1.29 is 5.11 Å². The van der Waals surface area contributed by atoms with E-state index in [2.05, 4.69) is 25.6 Å². The average Bonchev–Trinajstić information content (AvgIpc) is 2.67. The minimum absolute atomic E-state index is 0.0488. The van der Waals surface area contributed by atoms with Crippen LogP contribution in [0.3, 0.4) is 0 Å². The summed E-state index contributed by atoms with van der Waals surface area (Å²) in [6, 6.07) is 15.4. The average molecular weight is 335 g/mol. The van der Waals surface area contributed by atoms with Gasteiger partial charge in [0.15, 0.2) is 5.82 Å². The predicted octanol–water partition coefficient (Wildman–Crippen LogP) is 3.47. The molecule has 0 aliphatic rings. The molecule has 3 aromatic rings. The number of rotatable bonds is 7. The number of pyridine rings is 1. The number of benzene rings is 1. The second-order valence-corrected chi connectivity index (χ2v) is 5.62. The van der Waals surface area contributed by atoms with Crippen molar-refractivity contribution in [2.45, 2.75) is 19.4 Å². The zero-order chi connectivity index (χ0) is 17.5. The fourth-order valence-electron chi connectivity index (χ4n) is 2.37. The minimum atomic E-state index is -0.0488. The van der Waals surface area contributed by atoms with E-state index >= 15 is 0 Å². The van der Waals surface area contributed by atoms with Crippen molar-refractivity contribution in [2.24, 2.45) is 0 Å². The molecule has 0 bridgehead atoms. The summed E-state index contributed by atoms with van der Waals surface area (Å²) in [7, 11) is 0. The normalized spacial score (nSPS) is 11.8. The van der Waals surface area contributed by atoms with E-state index in [1.165, 1.54) is 0 Å². The fraction of sp³-hybridized carbons (Fsp3) is 0.211. The highest BCUT2D eigenvalue weighted by Gasteiger charge is 2.10. The lowest BCUT2D eigenvalue weighted by Gasteiger charge is -2.16. The van der Waals surface area contributed by atoms with Crippen LogP contribution in [0.5, 0.6) is 0 Å². The molecule has 6 heteroatoms. The number of hydrogen-bond donors (Lipinski definition) is 3. The molecule has 0 saturated carbocycles. The standard InChI is InChI=1S/C19H21N5O/c1-2-15(13-25)21-17-12-18(22-16-8-10-20-11-9-16)24-19(23-17)14-6-4-3-5-7-14/h3-12,15,25H,2,13H2,1H3,(H2,20,21,22,23,24). The molecular formula is C19H21N5O. The lowest BCUT2D eigenvalue weighted by Crippen LogP contribution is -2.23. The number of aromatic nitrogens is 3. The van der Waals surface area contributed by atoms with E-state index in [9.17, 15) is 5.11 Å². The largest absolute Gasteiger partial charge is 0.394 e. The summed E-state index contributed by atoms with van der Waals surface area (Å²) in [6.45, 7) is 2.07. The first kappa shape index (κ1) is 16.9. The monoisotopic (exact) mass is 335 g/mol. The Labute approximate surface area is 147 Å². The van der Waals surface area contributed by atoms with Crippen LogP contribution in [-0.2, 0) is 0 Å². The molecular weight excluding hydrogens is 314 g/mol. The molecule has 1 aromatic carbocycles. The lowest BCUT2D eigenvalue weighted by atomic mass is 10.2. The van der Waals surface area contributed by atoms with Gasteiger partial charge in [-0.25, -0.2) is 9.97 Å². The summed E-state index contributed by atoms with van der Waals surface area (Å²) in [5.41, 5.74) is 1.83. The van der Waals surface area contributed by atoms with Crippen LogP contribution in [0.1, 0.15) is 13.3 Å². The van der Waals surface area contributed by atoms with Gasteiger partial charge in [-0.2, -0.15) is 0 Å². The summed E-state index contributed by atoms with van der Waals surface area (Å²) < 4.78 is 0. The van der Waals surface area contributed by atoms with Crippen LogP contribution in [0.15, 0.2) is 60.9 Å². The van der Waals surface area contributed by atoms with Crippen LogP contribution in [0, 0.1) is 0 Å². The Morgan fingerprint density at radius 2 is 1.72 bits per heavy atom. The van der Waals surface area contributed by atoms with E-state index < -0.39 is 0 Å². The zero-order valence-electron chi connectivity index (χ0n) is 14.1. The van der Waals surface area contributed by atoms with Gasteiger partial charge in [-0.15, -0.1) is 0 Å². The molecule has 1 unspecified atom stereocenters. The zero-order valence-corrected chi connectivity index (χ0v) is 14.1. The van der Waals surface area contributed by atoms with Gasteiger partial charge in [0.05, 0.1) is 12.6 Å². The molecule has 2 heterocycles. The maximum atomic E-state index is 9.45. The van der Waals surface area contributed by atoms with Crippen LogP contribution in [-0.4, -0.2) is 32.7 Å². The SMILES string of the molecule is CCC(CO)Nc1cc(Nc2ccncc2)nc(-c2ccccc2)n1. The Morgan fingerprint density at radius 1 is 1.00 bits per heavy atom. The van der Waals surface area contributed by atoms with Crippen LogP contribution in [0.2, 0.25) is 0 Å². The minimum Gasteiger partial charge on any atom is -0.394 e. The summed E-state index contributed by atoms with van der Waals surface area (Å²) >= 11 is 0. The number of anilines is 3. The fourth-order valence-corrected chi connectivity index (χ4v) is 2.37. The Hall–Kier alpha value is -2.99. The topological polar surface area (TPSA) is 83.0 Å². The summed E-state index contributed by atoms with van der Waals surface area (Å²) in [5, 5.41) is 16.0. The van der Waals surface area contributed by atoms with Gasteiger partial charge in [0, 0.05) is 29.7 Å². The molecule has 0 aliphatic heterocycles. The molecule has 3 N–H and O–H groups in total. The van der Waals surface area contributed by atoms with E-state index in [1.807, 2.05) is 55.5 Å². The molecule has 0 amide bonds. The van der Waals surface area contributed by atoms with Crippen LogP contribution in [0.4, 0.5) is 17.3 Å². The van der Waals surface area contributed by atoms with Gasteiger partial charge in [-0.05, 0) is 18.6 Å². The van der Waals surface area contributed by atoms with Gasteiger partial charge in [-0.3, -0.25) is 4.98 Å². The van der Waals surface area contributed by atoms with Crippen LogP contribution < -0.4 is 10.6 Å². The van der Waals surface area contributed by atoms with Crippen LogP contribution >= 0.6 is 0 Å². The van der Waals surface area contributed by atoms with Gasteiger partial charge in [0.2, 0.25) is 0 Å². The third kappa shape index (κ3) is 4.51. The second-order valence-electron chi connectivity index (χ2n) is 5.62. The van der Waals surface area contributed by atoms with E-state index in [1.54, 1.807) is 12.4 Å². The number of aliphatic hydroxyl groups excluding tert-OH is 1. The first-order valence-corrected chi connectivity index (χ1v) is 8.27. The van der Waals surface area contributed by atoms with Crippen molar-refractivity contribution in [1.82, 2.24) is 15.0 Å². The highest BCUT2D eigenvalue weighted by Crippen LogP contribution is 2.23. The third-order valence-corrected chi connectivity index (χ3v) is 3.78. The summed E-state index contributed by atoms with van der Waals surface area (Å²) in [4.78, 5) is 13.2. The molecule has 2 aromatic heterocycles. The Bertz CT molecular complexity index is 791. The Balaban J connectivity index is 1.95. The van der Waals surface area contributed by atoms with Crippen molar-refractivity contribution >= 4 is 17.3 Å². The Kier molecular flexibility index (Phi) is 5.53. The summed E-state index contributed by atoms with van der Waals surface area (Å²) in [6.07, 6.45) is 4.24. The van der Waals surface area contributed by atoms with Crippen molar-refractivity contribution in [2.75, 3.05) is 17.2 Å². The van der Waals surface area contributed by atoms with Gasteiger partial charge < -0.3 is 15.7 Å². The van der Waals surface area contributed by atoms with Crippen LogP contribution in [0.25, 0.3) is 11.4 Å². The smallest absolute Gasteiger partial charge is 0.163 e. The van der Waals surface area contributed by atoms with Gasteiger partial charge >= 0.3 is 0 Å². The van der Waals surface area contributed by atoms with Crippen molar-refractivity contribution in [1.29, 1.82) is 0 Å². The lowest BCUT2D eigenvalue weighted by molar-refractivity contribution is 0.271. The van der Waals surface area contributed by atoms with E-state index in [0.29, 0.717) is 17.5 Å². The molecule has 0 aliphatic carbocycles. The predicted molar refractivity (Wildman–Crippen MR) is 99.8 cm³/mol. The van der Waals surface area contributed by atoms with E-state index in [0.717, 1.165) is 17.7 Å². The van der Waals surface area contributed by atoms with Crippen molar-refractivity contribution in [3.63, 3.8) is 0 Å². The number of nitrogens with one attached hydrogen (secondary N) is 2. The summed E-state index contributed by atoms with van der Waals surface area (Å²) in [5.74, 6) is 1.97. The number of hydrogen-bond acceptors (Lipinski definition) is 6.